The van der Waals surface area contributed by atoms with Gasteiger partial charge in [0.15, 0.2) is 5.78 Å². The first kappa shape index (κ1) is 14.6. The SMILES string of the molecule is C[C@H](C(N)=O)c1ccc2c(c1)SC[C@H]1CCCC[C@H]1C2=O. The fourth-order valence-corrected chi connectivity index (χ4v) is 4.78. The summed E-state index contributed by atoms with van der Waals surface area (Å²) >= 11 is 1.77. The molecule has 4 heteroatoms. The molecule has 2 aliphatic rings. The van der Waals surface area contributed by atoms with Crippen molar-refractivity contribution in [1.29, 1.82) is 0 Å². The van der Waals surface area contributed by atoms with Crippen molar-refractivity contribution < 1.29 is 9.59 Å². The van der Waals surface area contributed by atoms with E-state index in [1.54, 1.807) is 11.8 Å². The number of hydrogen-bond acceptors (Lipinski definition) is 3. The van der Waals surface area contributed by atoms with Gasteiger partial charge in [0, 0.05) is 22.1 Å². The number of rotatable bonds is 2. The highest BCUT2D eigenvalue weighted by molar-refractivity contribution is 7.99. The van der Waals surface area contributed by atoms with E-state index in [4.69, 9.17) is 5.73 Å². The first-order valence-electron chi connectivity index (χ1n) is 7.68. The maximum atomic E-state index is 12.8. The number of carbonyl (C=O) groups excluding carboxylic acids is 2. The van der Waals surface area contributed by atoms with Crippen LogP contribution in [0.2, 0.25) is 0 Å². The van der Waals surface area contributed by atoms with Crippen LogP contribution >= 0.6 is 11.8 Å². The Morgan fingerprint density at radius 2 is 2.10 bits per heavy atom. The standard InChI is InChI=1S/C17H21NO2S/c1-10(17(18)20)11-6-7-14-15(8-11)21-9-12-4-2-3-5-13(12)16(14)19/h6-8,10,12-13H,2-5,9H2,1H3,(H2,18,20)/t10-,12+,13+/m0/s1. The molecule has 1 aliphatic heterocycles. The smallest absolute Gasteiger partial charge is 0.224 e. The van der Waals surface area contributed by atoms with Gasteiger partial charge in [-0.2, -0.15) is 0 Å². The summed E-state index contributed by atoms with van der Waals surface area (Å²) in [6.45, 7) is 1.81. The highest BCUT2D eigenvalue weighted by atomic mass is 32.2. The molecule has 1 heterocycles. The fourth-order valence-electron chi connectivity index (χ4n) is 3.44. The van der Waals surface area contributed by atoms with Gasteiger partial charge in [-0.25, -0.2) is 0 Å². The van der Waals surface area contributed by atoms with Gasteiger partial charge in [-0.3, -0.25) is 9.59 Å². The topological polar surface area (TPSA) is 60.2 Å². The van der Waals surface area contributed by atoms with Crippen molar-refractivity contribution in [2.45, 2.75) is 43.4 Å². The summed E-state index contributed by atoms with van der Waals surface area (Å²) in [6, 6.07) is 5.77. The van der Waals surface area contributed by atoms with Gasteiger partial charge < -0.3 is 5.73 Å². The average molecular weight is 303 g/mol. The number of thioether (sulfide) groups is 1. The quantitative estimate of drug-likeness (QED) is 0.911. The van der Waals surface area contributed by atoms with Gasteiger partial charge in [0.2, 0.25) is 5.91 Å². The van der Waals surface area contributed by atoms with Crippen LogP contribution in [0.3, 0.4) is 0 Å². The van der Waals surface area contributed by atoms with E-state index in [9.17, 15) is 9.59 Å². The molecule has 2 N–H and O–H groups in total. The van der Waals surface area contributed by atoms with Crippen LogP contribution in [0, 0.1) is 11.8 Å². The molecule has 21 heavy (non-hydrogen) atoms. The van der Waals surface area contributed by atoms with E-state index in [0.717, 1.165) is 28.2 Å². The van der Waals surface area contributed by atoms with Gasteiger partial charge in [-0.05, 0) is 43.4 Å². The Morgan fingerprint density at radius 1 is 1.33 bits per heavy atom. The summed E-state index contributed by atoms with van der Waals surface area (Å²) in [5, 5.41) is 0. The maximum absolute atomic E-state index is 12.8. The number of benzene rings is 1. The number of primary amides is 1. The van der Waals surface area contributed by atoms with Gasteiger partial charge in [-0.15, -0.1) is 11.8 Å². The zero-order chi connectivity index (χ0) is 15.0. The largest absolute Gasteiger partial charge is 0.369 e. The number of fused-ring (bicyclic) bond motifs is 2. The van der Waals surface area contributed by atoms with Gasteiger partial charge in [-0.1, -0.05) is 18.9 Å². The Kier molecular flexibility index (Phi) is 4.07. The minimum atomic E-state index is -0.325. The van der Waals surface area contributed by atoms with Gasteiger partial charge in [0.1, 0.15) is 0 Å². The molecular weight excluding hydrogens is 282 g/mol. The lowest BCUT2D eigenvalue weighted by molar-refractivity contribution is -0.119. The van der Waals surface area contributed by atoms with Crippen LogP contribution < -0.4 is 5.73 Å². The third-order valence-corrected chi connectivity index (χ3v) is 6.14. The molecule has 0 saturated heterocycles. The Balaban J connectivity index is 1.95. The summed E-state index contributed by atoms with van der Waals surface area (Å²) < 4.78 is 0. The van der Waals surface area contributed by atoms with E-state index in [2.05, 4.69) is 0 Å². The normalized spacial score (nSPS) is 26.4. The van der Waals surface area contributed by atoms with Crippen LogP contribution in [0.15, 0.2) is 23.1 Å². The van der Waals surface area contributed by atoms with Crippen LogP contribution in [0.5, 0.6) is 0 Å². The van der Waals surface area contributed by atoms with Gasteiger partial charge in [0.05, 0.1) is 5.92 Å². The van der Waals surface area contributed by atoms with E-state index < -0.39 is 0 Å². The number of Topliss-reactive ketones (excluding diaryl/α,β-unsaturated/α-hetero) is 1. The van der Waals surface area contributed by atoms with Crippen molar-refractivity contribution in [2.24, 2.45) is 17.6 Å². The van der Waals surface area contributed by atoms with Gasteiger partial charge in [0.25, 0.3) is 0 Å². The van der Waals surface area contributed by atoms with Crippen molar-refractivity contribution in [1.82, 2.24) is 0 Å². The number of carbonyl (C=O) groups is 2. The molecule has 1 aliphatic carbocycles. The van der Waals surface area contributed by atoms with Crippen LogP contribution in [-0.2, 0) is 4.79 Å². The number of nitrogens with two attached hydrogens (primary N) is 1. The number of ketones is 1. The first-order valence-corrected chi connectivity index (χ1v) is 8.66. The van der Waals surface area contributed by atoms with E-state index in [0.29, 0.717) is 11.7 Å². The molecule has 3 atom stereocenters. The fraction of sp³-hybridized carbons (Fsp3) is 0.529. The molecule has 1 aromatic carbocycles. The average Bonchev–Trinajstić information content (AvgIpc) is 2.64. The Morgan fingerprint density at radius 3 is 2.86 bits per heavy atom. The lowest BCUT2D eigenvalue weighted by Gasteiger charge is -2.28. The van der Waals surface area contributed by atoms with E-state index >= 15 is 0 Å². The predicted octanol–water partition coefficient (Wildman–Crippen LogP) is 3.37. The van der Waals surface area contributed by atoms with Crippen LogP contribution in [0.4, 0.5) is 0 Å². The molecule has 1 amide bonds. The summed E-state index contributed by atoms with van der Waals surface area (Å²) in [4.78, 5) is 25.2. The number of amides is 1. The Hall–Kier alpha value is -1.29. The summed E-state index contributed by atoms with van der Waals surface area (Å²) in [7, 11) is 0. The van der Waals surface area contributed by atoms with Crippen LogP contribution in [0.1, 0.15) is 54.4 Å². The second-order valence-corrected chi connectivity index (χ2v) is 7.27. The van der Waals surface area contributed by atoms with Crippen LogP contribution in [-0.4, -0.2) is 17.4 Å². The Bertz CT molecular complexity index is 584. The Labute approximate surface area is 129 Å². The highest BCUT2D eigenvalue weighted by Gasteiger charge is 2.35. The predicted molar refractivity (Wildman–Crippen MR) is 84.6 cm³/mol. The van der Waals surface area contributed by atoms with Crippen LogP contribution in [0.25, 0.3) is 0 Å². The molecule has 112 valence electrons. The van der Waals surface area contributed by atoms with Gasteiger partial charge >= 0.3 is 0 Å². The minimum absolute atomic E-state index is 0.201. The summed E-state index contributed by atoms with van der Waals surface area (Å²) in [5.41, 5.74) is 7.14. The molecule has 1 aromatic rings. The third kappa shape index (κ3) is 2.73. The minimum Gasteiger partial charge on any atom is -0.369 e. The van der Waals surface area contributed by atoms with Crippen molar-refractivity contribution in [3.8, 4) is 0 Å². The lowest BCUT2D eigenvalue weighted by Crippen LogP contribution is -2.27. The molecule has 3 nitrogen and oxygen atoms in total. The zero-order valence-corrected chi connectivity index (χ0v) is 13.1. The zero-order valence-electron chi connectivity index (χ0n) is 12.3. The molecule has 0 aromatic heterocycles. The summed E-state index contributed by atoms with van der Waals surface area (Å²) in [6.07, 6.45) is 4.61. The van der Waals surface area contributed by atoms with E-state index in [1.807, 2.05) is 25.1 Å². The second-order valence-electron chi connectivity index (χ2n) is 6.21. The summed E-state index contributed by atoms with van der Waals surface area (Å²) in [5.74, 6) is 1.40. The molecule has 3 rings (SSSR count). The van der Waals surface area contributed by atoms with E-state index in [1.165, 1.54) is 19.3 Å². The molecule has 0 unspecified atom stereocenters. The maximum Gasteiger partial charge on any atom is 0.224 e. The molecule has 1 saturated carbocycles. The molecular formula is C17H21NO2S. The van der Waals surface area contributed by atoms with Crippen molar-refractivity contribution in [3.63, 3.8) is 0 Å². The van der Waals surface area contributed by atoms with E-state index in [-0.39, 0.29) is 17.7 Å². The number of hydrogen-bond donors (Lipinski definition) is 1. The highest BCUT2D eigenvalue weighted by Crippen LogP contribution is 2.42. The third-order valence-electron chi connectivity index (χ3n) is 4.90. The molecule has 0 radical (unpaired) electrons. The molecule has 0 bridgehead atoms. The van der Waals surface area contributed by atoms with Crippen molar-refractivity contribution in [3.05, 3.63) is 29.3 Å². The van der Waals surface area contributed by atoms with Crippen molar-refractivity contribution >= 4 is 23.5 Å². The lowest BCUT2D eigenvalue weighted by atomic mass is 9.76. The van der Waals surface area contributed by atoms with Crippen molar-refractivity contribution in [2.75, 3.05) is 5.75 Å². The first-order chi connectivity index (χ1) is 10.1. The molecule has 1 fully saturated rings. The molecule has 0 spiro atoms. The monoisotopic (exact) mass is 303 g/mol. The second kappa shape index (κ2) is 5.84.